The van der Waals surface area contributed by atoms with Gasteiger partial charge in [-0.15, -0.1) is 11.3 Å². The second kappa shape index (κ2) is 9.37. The Hall–Kier alpha value is -2.45. The van der Waals surface area contributed by atoms with Gasteiger partial charge in [0.1, 0.15) is 10.7 Å². The van der Waals surface area contributed by atoms with Crippen LogP contribution < -0.4 is 10.6 Å². The summed E-state index contributed by atoms with van der Waals surface area (Å²) >= 11 is 7.06. The largest absolute Gasteiger partial charge is 0.343 e. The summed E-state index contributed by atoms with van der Waals surface area (Å²) in [5.41, 5.74) is 0.495. The van der Waals surface area contributed by atoms with Crippen LogP contribution in [-0.4, -0.2) is 40.7 Å². The summed E-state index contributed by atoms with van der Waals surface area (Å²) in [7, 11) is 1.80. The monoisotopic (exact) mass is 434 g/mol. The van der Waals surface area contributed by atoms with Crippen molar-refractivity contribution in [1.82, 2.24) is 9.88 Å². The van der Waals surface area contributed by atoms with E-state index in [2.05, 4.69) is 15.6 Å². The molecule has 0 aromatic carbocycles. The Labute approximate surface area is 178 Å². The van der Waals surface area contributed by atoms with Crippen molar-refractivity contribution in [1.29, 1.82) is 0 Å². The fourth-order valence-corrected chi connectivity index (χ4v) is 4.28. The summed E-state index contributed by atoms with van der Waals surface area (Å²) < 4.78 is 0. The van der Waals surface area contributed by atoms with E-state index in [0.29, 0.717) is 34.2 Å². The first-order valence-corrected chi connectivity index (χ1v) is 10.7. The van der Waals surface area contributed by atoms with E-state index in [4.69, 9.17) is 11.6 Å². The van der Waals surface area contributed by atoms with Crippen molar-refractivity contribution in [2.45, 2.75) is 38.6 Å². The van der Waals surface area contributed by atoms with Crippen LogP contribution in [0, 0.1) is 5.92 Å². The summed E-state index contributed by atoms with van der Waals surface area (Å²) in [6.45, 7) is 1.56. The molecule has 2 aromatic rings. The molecular formula is C20H23ClN4O3S. The second-order valence-electron chi connectivity index (χ2n) is 7.10. The first kappa shape index (κ1) is 21.3. The van der Waals surface area contributed by atoms with Crippen molar-refractivity contribution in [3.05, 3.63) is 39.7 Å². The molecule has 2 N–H and O–H groups in total. The summed E-state index contributed by atoms with van der Waals surface area (Å²) in [4.78, 5) is 43.0. The Bertz CT molecular complexity index is 891. The van der Waals surface area contributed by atoms with Gasteiger partial charge in [-0.3, -0.25) is 14.4 Å². The van der Waals surface area contributed by atoms with Crippen LogP contribution in [0.2, 0.25) is 5.02 Å². The summed E-state index contributed by atoms with van der Waals surface area (Å²) in [5, 5.41) is 7.84. The first-order valence-electron chi connectivity index (χ1n) is 9.40. The van der Waals surface area contributed by atoms with E-state index in [-0.39, 0.29) is 29.7 Å². The molecular weight excluding hydrogens is 412 g/mol. The molecule has 0 unspecified atom stereocenters. The topological polar surface area (TPSA) is 91.4 Å². The van der Waals surface area contributed by atoms with E-state index in [0.717, 1.165) is 12.8 Å². The number of pyridine rings is 1. The number of hydrogen-bond donors (Lipinski definition) is 2. The molecule has 29 heavy (non-hydrogen) atoms. The highest BCUT2D eigenvalue weighted by Crippen LogP contribution is 2.30. The Morgan fingerprint density at radius 1 is 1.14 bits per heavy atom. The molecule has 7 nitrogen and oxygen atoms in total. The maximum absolute atomic E-state index is 12.7. The van der Waals surface area contributed by atoms with Crippen molar-refractivity contribution in [3.63, 3.8) is 0 Å². The van der Waals surface area contributed by atoms with Gasteiger partial charge in [0.15, 0.2) is 0 Å². The number of aromatic nitrogens is 1. The normalized spacial score (nSPS) is 18.7. The van der Waals surface area contributed by atoms with E-state index < -0.39 is 0 Å². The molecule has 0 aliphatic heterocycles. The summed E-state index contributed by atoms with van der Waals surface area (Å²) in [5.74, 6) is -0.122. The molecule has 1 saturated carbocycles. The number of nitrogens with one attached hydrogen (secondary N) is 2. The number of halogens is 1. The van der Waals surface area contributed by atoms with Crippen LogP contribution in [0.3, 0.4) is 0 Å². The van der Waals surface area contributed by atoms with E-state index in [1.165, 1.54) is 17.5 Å². The van der Waals surface area contributed by atoms with E-state index in [9.17, 15) is 14.4 Å². The fourth-order valence-electron chi connectivity index (χ4n) is 3.42. The molecule has 2 heterocycles. The van der Waals surface area contributed by atoms with Crippen molar-refractivity contribution in [2.24, 2.45) is 5.92 Å². The Morgan fingerprint density at radius 2 is 1.86 bits per heavy atom. The Kier molecular flexibility index (Phi) is 6.87. The Balaban J connectivity index is 1.58. The minimum Gasteiger partial charge on any atom is -0.343 e. The van der Waals surface area contributed by atoms with Gasteiger partial charge < -0.3 is 15.5 Å². The number of anilines is 2. The van der Waals surface area contributed by atoms with Crippen LogP contribution in [0.5, 0.6) is 0 Å². The average Bonchev–Trinajstić information content (AvgIpc) is 3.17. The summed E-state index contributed by atoms with van der Waals surface area (Å²) in [6, 6.07) is 5.16. The van der Waals surface area contributed by atoms with Gasteiger partial charge in [-0.1, -0.05) is 11.6 Å². The van der Waals surface area contributed by atoms with Gasteiger partial charge >= 0.3 is 0 Å². The van der Waals surface area contributed by atoms with E-state index in [1.54, 1.807) is 42.5 Å². The van der Waals surface area contributed by atoms with Gasteiger partial charge in [-0.25, -0.2) is 4.98 Å². The summed E-state index contributed by atoms with van der Waals surface area (Å²) in [6.07, 6.45) is 4.48. The van der Waals surface area contributed by atoms with Crippen molar-refractivity contribution >= 4 is 52.2 Å². The predicted octanol–water partition coefficient (Wildman–Crippen LogP) is 4.02. The molecule has 3 amide bonds. The SMILES string of the molecule is CC(=O)N(C)C1CCC(C(=O)Nc2ccsc2C(=O)Nc2ccc(Cl)cn2)CC1. The lowest BCUT2D eigenvalue weighted by Crippen LogP contribution is -2.40. The molecule has 2 aromatic heterocycles. The number of amides is 3. The third kappa shape index (κ3) is 5.33. The van der Waals surface area contributed by atoms with Gasteiger partial charge in [-0.05, 0) is 49.3 Å². The first-order chi connectivity index (χ1) is 13.8. The zero-order valence-electron chi connectivity index (χ0n) is 16.3. The molecule has 0 saturated heterocycles. The molecule has 1 aliphatic carbocycles. The van der Waals surface area contributed by atoms with E-state index >= 15 is 0 Å². The molecule has 1 fully saturated rings. The van der Waals surface area contributed by atoms with Crippen molar-refractivity contribution < 1.29 is 14.4 Å². The van der Waals surface area contributed by atoms with E-state index in [1.807, 2.05) is 0 Å². The van der Waals surface area contributed by atoms with Gasteiger partial charge in [0.2, 0.25) is 11.8 Å². The van der Waals surface area contributed by atoms with Crippen LogP contribution in [0.25, 0.3) is 0 Å². The highest BCUT2D eigenvalue weighted by Gasteiger charge is 2.29. The third-order valence-electron chi connectivity index (χ3n) is 5.21. The molecule has 0 bridgehead atoms. The molecule has 3 rings (SSSR count). The number of hydrogen-bond acceptors (Lipinski definition) is 5. The van der Waals surface area contributed by atoms with Crippen molar-refractivity contribution in [3.8, 4) is 0 Å². The van der Waals surface area contributed by atoms with Gasteiger partial charge in [0, 0.05) is 32.1 Å². The molecule has 0 radical (unpaired) electrons. The van der Waals surface area contributed by atoms with Gasteiger partial charge in [-0.2, -0.15) is 0 Å². The highest BCUT2D eigenvalue weighted by atomic mass is 35.5. The number of thiophene rings is 1. The fraction of sp³-hybridized carbons (Fsp3) is 0.400. The minimum absolute atomic E-state index is 0.0435. The second-order valence-corrected chi connectivity index (χ2v) is 8.46. The molecule has 0 atom stereocenters. The van der Waals surface area contributed by atoms with Crippen LogP contribution >= 0.6 is 22.9 Å². The number of rotatable bonds is 5. The quantitative estimate of drug-likeness (QED) is 0.743. The van der Waals surface area contributed by atoms with Gasteiger partial charge in [0.05, 0.1) is 10.7 Å². The lowest BCUT2D eigenvalue weighted by Gasteiger charge is -2.33. The Morgan fingerprint density at radius 3 is 2.48 bits per heavy atom. The number of nitrogens with zero attached hydrogens (tertiary/aromatic N) is 2. The average molecular weight is 435 g/mol. The molecule has 1 aliphatic rings. The zero-order chi connectivity index (χ0) is 21.0. The third-order valence-corrected chi connectivity index (χ3v) is 6.35. The van der Waals surface area contributed by atoms with Crippen LogP contribution in [0.4, 0.5) is 11.5 Å². The lowest BCUT2D eigenvalue weighted by atomic mass is 9.85. The van der Waals surface area contributed by atoms with Crippen LogP contribution in [-0.2, 0) is 9.59 Å². The molecule has 9 heteroatoms. The molecule has 0 spiro atoms. The smallest absolute Gasteiger partial charge is 0.269 e. The standard InChI is InChI=1S/C20H23ClN4O3S/c1-12(26)25(2)15-6-3-13(4-7-15)19(27)23-16-9-10-29-18(16)20(28)24-17-8-5-14(21)11-22-17/h5,8-11,13,15H,3-4,6-7H2,1-2H3,(H,23,27)(H,22,24,28). The lowest BCUT2D eigenvalue weighted by molar-refractivity contribution is -0.130. The number of carbonyl (C=O) groups is 3. The van der Waals surface area contributed by atoms with Crippen molar-refractivity contribution in [2.75, 3.05) is 17.7 Å². The minimum atomic E-state index is -0.336. The zero-order valence-corrected chi connectivity index (χ0v) is 17.8. The van der Waals surface area contributed by atoms with Crippen LogP contribution in [0.1, 0.15) is 42.3 Å². The van der Waals surface area contributed by atoms with Crippen LogP contribution in [0.15, 0.2) is 29.8 Å². The predicted molar refractivity (Wildman–Crippen MR) is 114 cm³/mol. The molecule has 154 valence electrons. The highest BCUT2D eigenvalue weighted by molar-refractivity contribution is 7.12. The van der Waals surface area contributed by atoms with Gasteiger partial charge in [0.25, 0.3) is 5.91 Å². The number of carbonyl (C=O) groups excluding carboxylic acids is 3. The maximum Gasteiger partial charge on any atom is 0.269 e. The maximum atomic E-state index is 12.7.